The molecule has 1 rings (SSSR count). The standard InChI is InChI=1S/C20H30N2O5.K.H/c1-20(2,3)10-11-21-15(13-17(23)24)18(25)22-16(19(26)27-4)12-14-8-6-5-7-9-14;;/h5-9,15-16,21H,10-13H2,1-4H3,(H,22,25)(H,23,24);;/t15-,16-;;/m0../s1. The van der Waals surface area contributed by atoms with Crippen LogP contribution in [0.15, 0.2) is 30.3 Å². The van der Waals surface area contributed by atoms with Gasteiger partial charge in [0.1, 0.15) is 6.04 Å². The van der Waals surface area contributed by atoms with E-state index in [9.17, 15) is 14.4 Å². The fourth-order valence-electron chi connectivity index (χ4n) is 2.51. The number of nitrogens with one attached hydrogen (secondary N) is 2. The third kappa shape index (κ3) is 11.3. The van der Waals surface area contributed by atoms with Gasteiger partial charge in [0.25, 0.3) is 0 Å². The van der Waals surface area contributed by atoms with Crippen molar-refractivity contribution in [2.45, 2.75) is 52.1 Å². The molecule has 0 unspecified atom stereocenters. The molecule has 0 fully saturated rings. The Bertz CT molecular complexity index is 631. The van der Waals surface area contributed by atoms with E-state index in [0.717, 1.165) is 12.0 Å². The van der Waals surface area contributed by atoms with Crippen LogP contribution in [0.25, 0.3) is 0 Å². The predicted octanol–water partition coefficient (Wildman–Crippen LogP) is 1.11. The van der Waals surface area contributed by atoms with Gasteiger partial charge < -0.3 is 20.5 Å². The Morgan fingerprint density at radius 1 is 1.11 bits per heavy atom. The van der Waals surface area contributed by atoms with Crippen molar-refractivity contribution in [3.8, 4) is 0 Å². The van der Waals surface area contributed by atoms with Gasteiger partial charge in [-0.2, -0.15) is 0 Å². The molecule has 0 aromatic heterocycles. The minimum atomic E-state index is -1.09. The van der Waals surface area contributed by atoms with Gasteiger partial charge in [0.2, 0.25) is 5.91 Å². The van der Waals surface area contributed by atoms with Gasteiger partial charge in [-0.3, -0.25) is 9.59 Å². The molecule has 0 saturated heterocycles. The predicted molar refractivity (Wildman–Crippen MR) is 109 cm³/mol. The van der Waals surface area contributed by atoms with E-state index >= 15 is 0 Å². The molecule has 0 saturated carbocycles. The molecule has 8 heteroatoms. The maximum absolute atomic E-state index is 12.6. The molecule has 0 bridgehead atoms. The summed E-state index contributed by atoms with van der Waals surface area (Å²) >= 11 is 0. The van der Waals surface area contributed by atoms with Gasteiger partial charge in [0, 0.05) is 6.42 Å². The number of carbonyl (C=O) groups excluding carboxylic acids is 2. The zero-order chi connectivity index (χ0) is 20.4. The van der Waals surface area contributed by atoms with E-state index in [4.69, 9.17) is 9.84 Å². The average molecular weight is 419 g/mol. The van der Waals surface area contributed by atoms with Crippen molar-refractivity contribution >= 4 is 69.2 Å². The maximum atomic E-state index is 12.6. The summed E-state index contributed by atoms with van der Waals surface area (Å²) in [6.07, 6.45) is 0.678. The second-order valence-electron chi connectivity index (χ2n) is 7.69. The van der Waals surface area contributed by atoms with Gasteiger partial charge in [-0.25, -0.2) is 4.79 Å². The quantitative estimate of drug-likeness (QED) is 0.388. The number of carboxylic acids is 1. The molecule has 1 amide bonds. The van der Waals surface area contributed by atoms with Crippen molar-refractivity contribution < 1.29 is 24.2 Å². The first-order chi connectivity index (χ1) is 12.6. The van der Waals surface area contributed by atoms with Gasteiger partial charge in [-0.1, -0.05) is 51.1 Å². The molecular formula is C20H31KN2O5. The number of aliphatic carboxylic acids is 1. The number of amides is 1. The average Bonchev–Trinajstić information content (AvgIpc) is 2.59. The summed E-state index contributed by atoms with van der Waals surface area (Å²) in [5.74, 6) is -2.19. The molecule has 0 heterocycles. The molecule has 0 aliphatic rings. The summed E-state index contributed by atoms with van der Waals surface area (Å²) in [4.78, 5) is 35.8. The van der Waals surface area contributed by atoms with Crippen LogP contribution in [0.4, 0.5) is 0 Å². The van der Waals surface area contributed by atoms with Crippen molar-refractivity contribution in [3.63, 3.8) is 0 Å². The summed E-state index contributed by atoms with van der Waals surface area (Å²) < 4.78 is 4.78. The summed E-state index contributed by atoms with van der Waals surface area (Å²) in [5, 5.41) is 14.7. The molecule has 152 valence electrons. The van der Waals surface area contributed by atoms with Crippen LogP contribution in [-0.4, -0.2) is 100 Å². The van der Waals surface area contributed by atoms with E-state index in [1.165, 1.54) is 7.11 Å². The van der Waals surface area contributed by atoms with Crippen molar-refractivity contribution in [2.24, 2.45) is 5.41 Å². The Morgan fingerprint density at radius 2 is 1.71 bits per heavy atom. The van der Waals surface area contributed by atoms with Crippen LogP contribution in [0.3, 0.4) is 0 Å². The molecule has 0 spiro atoms. The van der Waals surface area contributed by atoms with E-state index < -0.39 is 29.9 Å². The van der Waals surface area contributed by atoms with E-state index in [-0.39, 0.29) is 69.6 Å². The van der Waals surface area contributed by atoms with Gasteiger partial charge in [-0.15, -0.1) is 0 Å². The number of rotatable bonds is 10. The number of carbonyl (C=O) groups is 3. The van der Waals surface area contributed by atoms with E-state index in [2.05, 4.69) is 31.4 Å². The van der Waals surface area contributed by atoms with Crippen LogP contribution >= 0.6 is 0 Å². The monoisotopic (exact) mass is 418 g/mol. The second-order valence-corrected chi connectivity index (χ2v) is 7.69. The first-order valence-corrected chi connectivity index (χ1v) is 8.99. The Hall–Kier alpha value is -0.774. The van der Waals surface area contributed by atoms with E-state index in [1.807, 2.05) is 30.3 Å². The Balaban J connectivity index is 0.00000729. The summed E-state index contributed by atoms with van der Waals surface area (Å²) in [6, 6.07) is 7.42. The fourth-order valence-corrected chi connectivity index (χ4v) is 2.51. The SMILES string of the molecule is COC(=O)[C@H](Cc1ccccc1)NC(=O)[C@H](CC(=O)O)NCCC(C)(C)C.[KH]. The number of ether oxygens (including phenoxy) is 1. The molecule has 0 radical (unpaired) electrons. The second kappa shape index (κ2) is 13.4. The Kier molecular flexibility index (Phi) is 13.1. The molecule has 1 aromatic rings. The van der Waals surface area contributed by atoms with Crippen LogP contribution in [0.5, 0.6) is 0 Å². The molecule has 7 nitrogen and oxygen atoms in total. The number of hydrogen-bond donors (Lipinski definition) is 3. The zero-order valence-corrected chi connectivity index (χ0v) is 16.5. The molecular weight excluding hydrogens is 387 g/mol. The van der Waals surface area contributed by atoms with E-state index in [1.54, 1.807) is 0 Å². The van der Waals surface area contributed by atoms with Gasteiger partial charge in [-0.05, 0) is 23.9 Å². The van der Waals surface area contributed by atoms with E-state index in [0.29, 0.717) is 6.54 Å². The van der Waals surface area contributed by atoms with Gasteiger partial charge in [0.15, 0.2) is 0 Å². The molecule has 2 atom stereocenters. The van der Waals surface area contributed by atoms with Crippen LogP contribution in [0.1, 0.15) is 39.2 Å². The Morgan fingerprint density at radius 3 is 2.21 bits per heavy atom. The van der Waals surface area contributed by atoms with Crippen molar-refractivity contribution in [1.29, 1.82) is 0 Å². The number of benzene rings is 1. The summed E-state index contributed by atoms with van der Waals surface area (Å²) in [6.45, 7) is 6.69. The molecule has 0 aliphatic carbocycles. The topological polar surface area (TPSA) is 105 Å². The van der Waals surface area contributed by atoms with Crippen LogP contribution < -0.4 is 10.6 Å². The third-order valence-corrected chi connectivity index (χ3v) is 4.05. The Labute approximate surface area is 209 Å². The van der Waals surface area contributed by atoms with Crippen LogP contribution in [0.2, 0.25) is 0 Å². The van der Waals surface area contributed by atoms with Gasteiger partial charge in [0.05, 0.1) is 19.6 Å². The molecule has 1 aromatic carbocycles. The molecule has 28 heavy (non-hydrogen) atoms. The van der Waals surface area contributed by atoms with Crippen molar-refractivity contribution in [2.75, 3.05) is 13.7 Å². The summed E-state index contributed by atoms with van der Waals surface area (Å²) in [7, 11) is 1.25. The van der Waals surface area contributed by atoms with Gasteiger partial charge >= 0.3 is 63.3 Å². The van der Waals surface area contributed by atoms with Crippen molar-refractivity contribution in [1.82, 2.24) is 10.6 Å². The number of methoxy groups -OCH3 is 1. The first kappa shape index (κ1) is 27.2. The summed E-state index contributed by atoms with van der Waals surface area (Å²) in [5.41, 5.74) is 0.919. The third-order valence-electron chi connectivity index (χ3n) is 4.05. The first-order valence-electron chi connectivity index (χ1n) is 8.99. The molecule has 3 N–H and O–H groups in total. The minimum absolute atomic E-state index is 0. The fraction of sp³-hybridized carbons (Fsp3) is 0.550. The van der Waals surface area contributed by atoms with Crippen LogP contribution in [0, 0.1) is 5.41 Å². The number of hydrogen-bond acceptors (Lipinski definition) is 5. The normalized spacial score (nSPS) is 13.0. The number of esters is 1. The molecule has 0 aliphatic heterocycles. The number of carboxylic acid groups (broad SMARTS) is 1. The van der Waals surface area contributed by atoms with Crippen molar-refractivity contribution in [3.05, 3.63) is 35.9 Å². The van der Waals surface area contributed by atoms with Crippen LogP contribution in [-0.2, 0) is 25.5 Å². The zero-order valence-electron chi connectivity index (χ0n) is 16.5.